The molecule has 5 heteroatoms. The number of carbonyl (C=O) groups is 1. The zero-order valence-electron chi connectivity index (χ0n) is 13.2. The Bertz CT molecular complexity index is 730. The van der Waals surface area contributed by atoms with E-state index >= 15 is 0 Å². The number of hydrogen-bond donors (Lipinski definition) is 2. The molecular formula is C18H20N2O3. The first kappa shape index (κ1) is 15.2. The summed E-state index contributed by atoms with van der Waals surface area (Å²) in [4.78, 5) is 14.6. The number of hydrogen-bond acceptors (Lipinski definition) is 4. The van der Waals surface area contributed by atoms with Crippen molar-refractivity contribution in [1.82, 2.24) is 4.90 Å². The Morgan fingerprint density at radius 3 is 2.74 bits per heavy atom. The number of fused-ring (bicyclic) bond motifs is 1. The molecule has 0 saturated carbocycles. The number of anilines is 1. The molecule has 0 aliphatic carbocycles. The smallest absolute Gasteiger partial charge is 0.257 e. The van der Waals surface area contributed by atoms with E-state index in [2.05, 4.69) is 5.32 Å². The van der Waals surface area contributed by atoms with Gasteiger partial charge in [0.2, 0.25) is 0 Å². The quantitative estimate of drug-likeness (QED) is 0.908. The average molecular weight is 312 g/mol. The van der Waals surface area contributed by atoms with Crippen molar-refractivity contribution in [3.8, 4) is 11.5 Å². The van der Waals surface area contributed by atoms with E-state index < -0.39 is 0 Å². The van der Waals surface area contributed by atoms with Gasteiger partial charge in [0.15, 0.2) is 11.5 Å². The molecule has 0 unspecified atom stereocenters. The van der Waals surface area contributed by atoms with E-state index in [0.717, 1.165) is 17.7 Å². The van der Waals surface area contributed by atoms with Crippen LogP contribution in [0.15, 0.2) is 42.5 Å². The highest BCUT2D eigenvalue weighted by Crippen LogP contribution is 2.36. The third-order valence-corrected chi connectivity index (χ3v) is 4.01. The molecule has 1 amide bonds. The fourth-order valence-corrected chi connectivity index (χ4v) is 2.90. The third kappa shape index (κ3) is 2.70. The summed E-state index contributed by atoms with van der Waals surface area (Å²) in [6.45, 7) is 2.67. The Kier molecular flexibility index (Phi) is 4.10. The van der Waals surface area contributed by atoms with Crippen LogP contribution >= 0.6 is 0 Å². The lowest BCUT2D eigenvalue weighted by atomic mass is 10.0. The molecule has 0 bridgehead atoms. The molecule has 2 N–H and O–H groups in total. The van der Waals surface area contributed by atoms with Crippen LogP contribution in [0.1, 0.15) is 35.4 Å². The Balaban J connectivity index is 2.03. The van der Waals surface area contributed by atoms with Crippen molar-refractivity contribution in [2.45, 2.75) is 19.5 Å². The van der Waals surface area contributed by atoms with Crippen LogP contribution in [0.4, 0.5) is 5.69 Å². The van der Waals surface area contributed by atoms with Crippen LogP contribution in [0.5, 0.6) is 11.5 Å². The van der Waals surface area contributed by atoms with Crippen LogP contribution in [-0.2, 0) is 0 Å². The van der Waals surface area contributed by atoms with Crippen LogP contribution < -0.4 is 10.1 Å². The number of amides is 1. The number of phenols is 1. The second-order valence-electron chi connectivity index (χ2n) is 5.52. The predicted molar refractivity (Wildman–Crippen MR) is 88.8 cm³/mol. The maximum Gasteiger partial charge on any atom is 0.257 e. The van der Waals surface area contributed by atoms with Gasteiger partial charge in [-0.15, -0.1) is 0 Å². The number of nitrogens with one attached hydrogen (secondary N) is 1. The summed E-state index contributed by atoms with van der Waals surface area (Å²) < 4.78 is 5.09. The fraction of sp³-hybridized carbons (Fsp3) is 0.278. The van der Waals surface area contributed by atoms with Gasteiger partial charge in [-0.1, -0.05) is 25.1 Å². The minimum Gasteiger partial charge on any atom is -0.504 e. The minimum absolute atomic E-state index is 0.00140. The SMILES string of the molecule is CCCN1C(=O)c2ccccc2N[C@@H]1c1ccc(OC)c(O)c1. The van der Waals surface area contributed by atoms with Gasteiger partial charge in [0.25, 0.3) is 5.91 Å². The highest BCUT2D eigenvalue weighted by atomic mass is 16.5. The van der Waals surface area contributed by atoms with Crippen LogP contribution in [0.2, 0.25) is 0 Å². The van der Waals surface area contributed by atoms with Gasteiger partial charge in [-0.05, 0) is 36.2 Å². The molecule has 0 fully saturated rings. The molecular weight excluding hydrogens is 292 g/mol. The van der Waals surface area contributed by atoms with Gasteiger partial charge in [-0.25, -0.2) is 0 Å². The van der Waals surface area contributed by atoms with E-state index in [0.29, 0.717) is 17.9 Å². The number of methoxy groups -OCH3 is 1. The molecule has 0 saturated heterocycles. The Labute approximate surface area is 135 Å². The lowest BCUT2D eigenvalue weighted by molar-refractivity contribution is 0.0683. The van der Waals surface area contributed by atoms with Crippen molar-refractivity contribution >= 4 is 11.6 Å². The van der Waals surface area contributed by atoms with Gasteiger partial charge in [-0.2, -0.15) is 0 Å². The largest absolute Gasteiger partial charge is 0.504 e. The molecule has 1 heterocycles. The summed E-state index contributed by atoms with van der Waals surface area (Å²) in [7, 11) is 1.51. The maximum absolute atomic E-state index is 12.8. The molecule has 3 rings (SSSR count). The highest BCUT2D eigenvalue weighted by molar-refractivity contribution is 6.01. The minimum atomic E-state index is -0.311. The zero-order valence-corrected chi connectivity index (χ0v) is 13.2. The summed E-state index contributed by atoms with van der Waals surface area (Å²) in [6.07, 6.45) is 0.544. The number of rotatable bonds is 4. The van der Waals surface area contributed by atoms with E-state index in [9.17, 15) is 9.90 Å². The van der Waals surface area contributed by atoms with Crippen molar-refractivity contribution in [2.24, 2.45) is 0 Å². The van der Waals surface area contributed by atoms with E-state index in [1.54, 1.807) is 17.0 Å². The first-order valence-electron chi connectivity index (χ1n) is 7.69. The second-order valence-corrected chi connectivity index (χ2v) is 5.52. The third-order valence-electron chi connectivity index (χ3n) is 4.01. The molecule has 0 aromatic heterocycles. The van der Waals surface area contributed by atoms with Crippen LogP contribution in [0, 0.1) is 0 Å². The summed E-state index contributed by atoms with van der Waals surface area (Å²) >= 11 is 0. The normalized spacial score (nSPS) is 16.7. The van der Waals surface area contributed by atoms with Crippen LogP contribution in [-0.4, -0.2) is 29.6 Å². The van der Waals surface area contributed by atoms with Gasteiger partial charge in [0.1, 0.15) is 6.17 Å². The van der Waals surface area contributed by atoms with Gasteiger partial charge >= 0.3 is 0 Å². The van der Waals surface area contributed by atoms with Gasteiger partial charge in [0.05, 0.1) is 12.7 Å². The van der Waals surface area contributed by atoms with Crippen LogP contribution in [0.25, 0.3) is 0 Å². The maximum atomic E-state index is 12.8. The number of carbonyl (C=O) groups excluding carboxylic acids is 1. The summed E-state index contributed by atoms with van der Waals surface area (Å²) in [6, 6.07) is 12.7. The summed E-state index contributed by atoms with van der Waals surface area (Å²) in [5, 5.41) is 13.4. The number of ether oxygens (including phenoxy) is 1. The Morgan fingerprint density at radius 1 is 1.26 bits per heavy atom. The molecule has 5 nitrogen and oxygen atoms in total. The standard InChI is InChI=1S/C18H20N2O3/c1-3-10-20-17(12-8-9-16(23-2)15(21)11-12)19-14-7-5-4-6-13(14)18(20)22/h4-9,11,17,19,21H,3,10H2,1-2H3/t17-/m0/s1. The average Bonchev–Trinajstić information content (AvgIpc) is 2.57. The molecule has 0 radical (unpaired) electrons. The molecule has 0 spiro atoms. The molecule has 23 heavy (non-hydrogen) atoms. The second kappa shape index (κ2) is 6.20. The van der Waals surface area contributed by atoms with Crippen molar-refractivity contribution in [1.29, 1.82) is 0 Å². The molecule has 2 aromatic rings. The monoisotopic (exact) mass is 312 g/mol. The number of aromatic hydroxyl groups is 1. The van der Waals surface area contributed by atoms with E-state index in [1.165, 1.54) is 7.11 Å². The number of nitrogens with zero attached hydrogens (tertiary/aromatic N) is 1. The molecule has 1 aliphatic heterocycles. The highest BCUT2D eigenvalue weighted by Gasteiger charge is 2.32. The Hall–Kier alpha value is -2.69. The fourth-order valence-electron chi connectivity index (χ4n) is 2.90. The molecule has 1 aliphatic rings. The zero-order chi connectivity index (χ0) is 16.4. The van der Waals surface area contributed by atoms with Gasteiger partial charge in [0, 0.05) is 12.2 Å². The first-order valence-corrected chi connectivity index (χ1v) is 7.69. The predicted octanol–water partition coefficient (Wildman–Crippen LogP) is 3.38. The number of phenolic OH excluding ortho intramolecular Hbond substituents is 1. The van der Waals surface area contributed by atoms with E-state index in [1.807, 2.05) is 37.3 Å². The number of benzene rings is 2. The molecule has 2 aromatic carbocycles. The summed E-state index contributed by atoms with van der Waals surface area (Å²) in [5.41, 5.74) is 2.31. The van der Waals surface area contributed by atoms with Crippen molar-refractivity contribution < 1.29 is 14.6 Å². The van der Waals surface area contributed by atoms with Crippen molar-refractivity contribution in [3.05, 3.63) is 53.6 Å². The summed E-state index contributed by atoms with van der Waals surface area (Å²) in [5.74, 6) is 0.481. The molecule has 120 valence electrons. The van der Waals surface area contributed by atoms with E-state index in [-0.39, 0.29) is 17.8 Å². The lowest BCUT2D eigenvalue weighted by Gasteiger charge is -2.38. The van der Waals surface area contributed by atoms with Crippen LogP contribution in [0.3, 0.4) is 0 Å². The number of para-hydroxylation sites is 1. The lowest BCUT2D eigenvalue weighted by Crippen LogP contribution is -2.43. The van der Waals surface area contributed by atoms with Gasteiger partial charge in [-0.3, -0.25) is 4.79 Å². The van der Waals surface area contributed by atoms with Crippen molar-refractivity contribution in [3.63, 3.8) is 0 Å². The topological polar surface area (TPSA) is 61.8 Å². The van der Waals surface area contributed by atoms with E-state index in [4.69, 9.17) is 4.74 Å². The Morgan fingerprint density at radius 2 is 2.04 bits per heavy atom. The first-order chi connectivity index (χ1) is 11.2. The van der Waals surface area contributed by atoms with Gasteiger partial charge < -0.3 is 20.1 Å². The van der Waals surface area contributed by atoms with Crippen molar-refractivity contribution in [2.75, 3.05) is 19.0 Å². The molecule has 1 atom stereocenters.